The maximum absolute atomic E-state index is 12.2. The highest BCUT2D eigenvalue weighted by Gasteiger charge is 2.19. The van der Waals surface area contributed by atoms with Gasteiger partial charge in [-0.2, -0.15) is 0 Å². The Labute approximate surface area is 120 Å². The molecule has 0 aliphatic carbocycles. The minimum Gasteiger partial charge on any atom is -0.301 e. The number of hydrogen-bond donors (Lipinski definition) is 0. The van der Waals surface area contributed by atoms with Gasteiger partial charge in [-0.3, -0.25) is 9.69 Å². The molecule has 4 heteroatoms. The summed E-state index contributed by atoms with van der Waals surface area (Å²) in [6.07, 6.45) is 2.24. The third kappa shape index (κ3) is 4.13. The van der Waals surface area contributed by atoms with Gasteiger partial charge in [0, 0.05) is 31.1 Å². The van der Waals surface area contributed by atoms with Crippen molar-refractivity contribution in [2.75, 3.05) is 39.3 Å². The fourth-order valence-electron chi connectivity index (χ4n) is 2.49. The number of carbonyl (C=O) groups excluding carboxylic acids is 1. The van der Waals surface area contributed by atoms with Crippen molar-refractivity contribution in [3.05, 3.63) is 21.9 Å². The number of nitrogens with zero attached hydrogens (tertiary/aromatic N) is 2. The van der Waals surface area contributed by atoms with Crippen LogP contribution in [0.15, 0.2) is 12.1 Å². The standard InChI is InChI=1S/C15H24N2OS/c1-3-7-16-8-10-17(11-9-16)12-14(18)15-6-5-13(4-2)19-15/h5-6H,3-4,7-12H2,1-2H3. The Morgan fingerprint density at radius 2 is 1.84 bits per heavy atom. The highest BCUT2D eigenvalue weighted by atomic mass is 32.1. The zero-order valence-electron chi connectivity index (χ0n) is 12.0. The molecule has 3 nitrogen and oxygen atoms in total. The van der Waals surface area contributed by atoms with Crippen LogP contribution in [0.2, 0.25) is 0 Å². The highest BCUT2D eigenvalue weighted by molar-refractivity contribution is 7.14. The first-order valence-corrected chi connectivity index (χ1v) is 8.11. The highest BCUT2D eigenvalue weighted by Crippen LogP contribution is 2.18. The summed E-state index contributed by atoms with van der Waals surface area (Å²) in [4.78, 5) is 19.2. The second-order valence-electron chi connectivity index (χ2n) is 5.16. The van der Waals surface area contributed by atoms with E-state index in [-0.39, 0.29) is 5.78 Å². The normalized spacial score (nSPS) is 17.8. The summed E-state index contributed by atoms with van der Waals surface area (Å²) < 4.78 is 0. The fraction of sp³-hybridized carbons (Fsp3) is 0.667. The number of ketones is 1. The summed E-state index contributed by atoms with van der Waals surface area (Å²) in [6.45, 7) is 10.4. The van der Waals surface area contributed by atoms with Crippen LogP contribution < -0.4 is 0 Å². The lowest BCUT2D eigenvalue weighted by Gasteiger charge is -2.33. The van der Waals surface area contributed by atoms with Crippen molar-refractivity contribution in [3.8, 4) is 0 Å². The molecule has 1 aromatic rings. The fourth-order valence-corrected chi connectivity index (χ4v) is 3.36. The van der Waals surface area contributed by atoms with E-state index in [1.54, 1.807) is 11.3 Å². The number of hydrogen-bond acceptors (Lipinski definition) is 4. The molecule has 0 spiro atoms. The van der Waals surface area contributed by atoms with E-state index >= 15 is 0 Å². The molecule has 0 bridgehead atoms. The third-order valence-corrected chi connectivity index (χ3v) is 4.93. The van der Waals surface area contributed by atoms with Gasteiger partial charge in [-0.1, -0.05) is 13.8 Å². The molecule has 2 heterocycles. The number of piperazine rings is 1. The molecule has 1 aliphatic rings. The lowest BCUT2D eigenvalue weighted by molar-refractivity contribution is 0.0856. The van der Waals surface area contributed by atoms with E-state index in [2.05, 4.69) is 29.7 Å². The van der Waals surface area contributed by atoms with E-state index < -0.39 is 0 Å². The average molecular weight is 280 g/mol. The minimum absolute atomic E-state index is 0.286. The Hall–Kier alpha value is -0.710. The molecule has 2 rings (SSSR count). The number of carbonyl (C=O) groups is 1. The summed E-state index contributed by atoms with van der Waals surface area (Å²) in [5.41, 5.74) is 0. The van der Waals surface area contributed by atoms with E-state index in [1.807, 2.05) is 6.07 Å². The first-order chi connectivity index (χ1) is 9.22. The monoisotopic (exact) mass is 280 g/mol. The molecule has 1 fully saturated rings. The van der Waals surface area contributed by atoms with E-state index in [9.17, 15) is 4.79 Å². The van der Waals surface area contributed by atoms with E-state index in [0.717, 1.165) is 37.5 Å². The van der Waals surface area contributed by atoms with Crippen LogP contribution in [0.1, 0.15) is 34.8 Å². The van der Waals surface area contributed by atoms with Crippen LogP contribution in [0.5, 0.6) is 0 Å². The van der Waals surface area contributed by atoms with Gasteiger partial charge < -0.3 is 4.90 Å². The Bertz CT molecular complexity index is 408. The number of Topliss-reactive ketones (excluding diaryl/α,β-unsaturated/α-hetero) is 1. The van der Waals surface area contributed by atoms with Crippen LogP contribution in [0, 0.1) is 0 Å². The Kier molecular flexibility index (Phi) is 5.55. The SMILES string of the molecule is CCCN1CCN(CC(=O)c2ccc(CC)s2)CC1. The van der Waals surface area contributed by atoms with Gasteiger partial charge in [-0.05, 0) is 31.5 Å². The van der Waals surface area contributed by atoms with Gasteiger partial charge in [0.1, 0.15) is 0 Å². The predicted octanol–water partition coefficient (Wildman–Crippen LogP) is 2.52. The Morgan fingerprint density at radius 1 is 1.16 bits per heavy atom. The summed E-state index contributed by atoms with van der Waals surface area (Å²) in [5.74, 6) is 0.286. The van der Waals surface area contributed by atoms with Gasteiger partial charge in [-0.15, -0.1) is 11.3 Å². The second kappa shape index (κ2) is 7.17. The van der Waals surface area contributed by atoms with Crippen LogP contribution >= 0.6 is 11.3 Å². The molecule has 1 saturated heterocycles. The van der Waals surface area contributed by atoms with Crippen LogP contribution in [0.4, 0.5) is 0 Å². The van der Waals surface area contributed by atoms with Gasteiger partial charge in [0.2, 0.25) is 0 Å². The van der Waals surface area contributed by atoms with Crippen molar-refractivity contribution >= 4 is 17.1 Å². The van der Waals surface area contributed by atoms with Gasteiger partial charge in [0.15, 0.2) is 5.78 Å². The lowest BCUT2D eigenvalue weighted by Crippen LogP contribution is -2.47. The number of thiophene rings is 1. The molecule has 0 atom stereocenters. The van der Waals surface area contributed by atoms with E-state index in [1.165, 1.54) is 17.8 Å². The van der Waals surface area contributed by atoms with Crippen molar-refractivity contribution in [3.63, 3.8) is 0 Å². The van der Waals surface area contributed by atoms with Crippen molar-refractivity contribution < 1.29 is 4.79 Å². The summed E-state index contributed by atoms with van der Waals surface area (Å²) in [7, 11) is 0. The largest absolute Gasteiger partial charge is 0.301 e. The third-order valence-electron chi connectivity index (χ3n) is 3.66. The van der Waals surface area contributed by atoms with Crippen molar-refractivity contribution in [1.82, 2.24) is 9.80 Å². The first kappa shape index (κ1) is 14.7. The van der Waals surface area contributed by atoms with Crippen LogP contribution in [0.25, 0.3) is 0 Å². The molecule has 0 N–H and O–H groups in total. The molecule has 106 valence electrons. The predicted molar refractivity (Wildman–Crippen MR) is 81.2 cm³/mol. The topological polar surface area (TPSA) is 23.6 Å². The summed E-state index contributed by atoms with van der Waals surface area (Å²) >= 11 is 1.65. The van der Waals surface area contributed by atoms with Crippen molar-refractivity contribution in [2.24, 2.45) is 0 Å². The maximum atomic E-state index is 12.2. The Morgan fingerprint density at radius 3 is 2.42 bits per heavy atom. The summed E-state index contributed by atoms with van der Waals surface area (Å²) in [5, 5.41) is 0. The molecule has 1 aromatic heterocycles. The van der Waals surface area contributed by atoms with Crippen molar-refractivity contribution in [2.45, 2.75) is 26.7 Å². The molecule has 0 saturated carbocycles. The van der Waals surface area contributed by atoms with Crippen LogP contribution in [-0.4, -0.2) is 54.9 Å². The first-order valence-electron chi connectivity index (χ1n) is 7.29. The lowest BCUT2D eigenvalue weighted by atomic mass is 10.2. The zero-order valence-corrected chi connectivity index (χ0v) is 12.8. The molecule has 0 radical (unpaired) electrons. The second-order valence-corrected chi connectivity index (χ2v) is 6.33. The quantitative estimate of drug-likeness (QED) is 0.748. The smallest absolute Gasteiger partial charge is 0.186 e. The van der Waals surface area contributed by atoms with E-state index in [0.29, 0.717) is 6.54 Å². The molecule has 0 amide bonds. The summed E-state index contributed by atoms with van der Waals surface area (Å²) in [6, 6.07) is 4.07. The maximum Gasteiger partial charge on any atom is 0.186 e. The zero-order chi connectivity index (χ0) is 13.7. The molecular formula is C15H24N2OS. The molecule has 19 heavy (non-hydrogen) atoms. The van der Waals surface area contributed by atoms with E-state index in [4.69, 9.17) is 0 Å². The van der Waals surface area contributed by atoms with Crippen molar-refractivity contribution in [1.29, 1.82) is 0 Å². The molecule has 0 unspecified atom stereocenters. The molecule has 1 aliphatic heterocycles. The van der Waals surface area contributed by atoms with Gasteiger partial charge in [-0.25, -0.2) is 0 Å². The number of rotatable bonds is 6. The molecular weight excluding hydrogens is 256 g/mol. The number of aryl methyl sites for hydroxylation is 1. The Balaban J connectivity index is 1.80. The van der Waals surface area contributed by atoms with Gasteiger partial charge in [0.25, 0.3) is 0 Å². The van der Waals surface area contributed by atoms with Gasteiger partial charge in [0.05, 0.1) is 11.4 Å². The van der Waals surface area contributed by atoms with Crippen LogP contribution in [0.3, 0.4) is 0 Å². The van der Waals surface area contributed by atoms with Gasteiger partial charge >= 0.3 is 0 Å². The minimum atomic E-state index is 0.286. The molecule has 0 aromatic carbocycles. The van der Waals surface area contributed by atoms with Crippen LogP contribution in [-0.2, 0) is 6.42 Å². The average Bonchev–Trinajstić information content (AvgIpc) is 2.90.